The molecule has 5 rings (SSSR count). The summed E-state index contributed by atoms with van der Waals surface area (Å²) in [6.07, 6.45) is 10.9. The minimum atomic E-state index is -0.210. The molecule has 4 nitrogen and oxygen atoms in total. The molecule has 0 bridgehead atoms. The van der Waals surface area contributed by atoms with E-state index in [4.69, 9.17) is 9.72 Å². The number of fused-ring (bicyclic) bond motifs is 4. The van der Waals surface area contributed by atoms with Gasteiger partial charge in [-0.05, 0) is 57.9 Å². The van der Waals surface area contributed by atoms with Crippen LogP contribution in [-0.2, 0) is 16.6 Å². The summed E-state index contributed by atoms with van der Waals surface area (Å²) in [5.41, 5.74) is 4.51. The first-order chi connectivity index (χ1) is 15.9. The lowest BCUT2D eigenvalue weighted by Crippen LogP contribution is -2.45. The summed E-state index contributed by atoms with van der Waals surface area (Å²) in [6, 6.07) is 8.83. The van der Waals surface area contributed by atoms with Crippen molar-refractivity contribution in [2.45, 2.75) is 107 Å². The maximum atomic E-state index is 14.5. The zero-order valence-corrected chi connectivity index (χ0v) is 21.3. The maximum absolute atomic E-state index is 14.5. The fourth-order valence-corrected chi connectivity index (χ4v) is 7.49. The maximum Gasteiger partial charge on any atom is 0.258 e. The summed E-state index contributed by atoms with van der Waals surface area (Å²) in [6.45, 7) is 7.23. The third-order valence-corrected chi connectivity index (χ3v) is 9.03. The molecule has 1 aromatic heterocycles. The van der Waals surface area contributed by atoms with E-state index in [1.807, 2.05) is 0 Å². The zero-order chi connectivity index (χ0) is 23.1. The van der Waals surface area contributed by atoms with Gasteiger partial charge in [-0.1, -0.05) is 68.6 Å². The molecule has 0 N–H and O–H groups in total. The van der Waals surface area contributed by atoms with Crippen LogP contribution in [0.3, 0.4) is 0 Å². The summed E-state index contributed by atoms with van der Waals surface area (Å²) in [5.74, 6) is 1.00. The van der Waals surface area contributed by atoms with Gasteiger partial charge in [0, 0.05) is 29.4 Å². The fourth-order valence-electron chi connectivity index (χ4n) is 6.35. The molecule has 178 valence electrons. The van der Waals surface area contributed by atoms with Gasteiger partial charge in [0.15, 0.2) is 5.16 Å². The Labute approximate surface area is 202 Å². The van der Waals surface area contributed by atoms with E-state index in [-0.39, 0.29) is 22.6 Å². The van der Waals surface area contributed by atoms with Gasteiger partial charge in [0.1, 0.15) is 0 Å². The van der Waals surface area contributed by atoms with Crippen LogP contribution in [0.4, 0.5) is 0 Å². The fraction of sp³-hybridized carbons (Fsp3) is 0.643. The number of benzene rings is 1. The first kappa shape index (κ1) is 23.2. The van der Waals surface area contributed by atoms with Crippen molar-refractivity contribution >= 4 is 11.8 Å². The molecule has 5 heteroatoms. The van der Waals surface area contributed by atoms with E-state index in [0.29, 0.717) is 6.61 Å². The molecular weight excluding hydrogens is 428 g/mol. The van der Waals surface area contributed by atoms with Gasteiger partial charge in [0.2, 0.25) is 0 Å². The van der Waals surface area contributed by atoms with Crippen molar-refractivity contribution in [3.05, 3.63) is 45.7 Å². The van der Waals surface area contributed by atoms with Crippen molar-refractivity contribution in [1.82, 2.24) is 9.55 Å². The average Bonchev–Trinajstić information content (AvgIpc) is 2.79. The van der Waals surface area contributed by atoms with Gasteiger partial charge in [-0.3, -0.25) is 9.36 Å². The molecule has 1 saturated carbocycles. The van der Waals surface area contributed by atoms with Crippen LogP contribution >= 0.6 is 11.8 Å². The van der Waals surface area contributed by atoms with Crippen LogP contribution in [0.25, 0.3) is 11.3 Å². The highest BCUT2D eigenvalue weighted by Crippen LogP contribution is 2.49. The number of hydrogen-bond donors (Lipinski definition) is 0. The van der Waals surface area contributed by atoms with Gasteiger partial charge in [-0.15, -0.1) is 0 Å². The van der Waals surface area contributed by atoms with Crippen molar-refractivity contribution in [2.75, 3.05) is 12.4 Å². The summed E-state index contributed by atoms with van der Waals surface area (Å²) in [4.78, 5) is 19.9. The van der Waals surface area contributed by atoms with Gasteiger partial charge >= 0.3 is 0 Å². The van der Waals surface area contributed by atoms with E-state index >= 15 is 0 Å². The largest absolute Gasteiger partial charge is 0.375 e. The molecule has 3 aliphatic rings. The van der Waals surface area contributed by atoms with Crippen LogP contribution in [0.15, 0.2) is 34.2 Å². The van der Waals surface area contributed by atoms with Gasteiger partial charge < -0.3 is 4.74 Å². The minimum Gasteiger partial charge on any atom is -0.375 e. The lowest BCUT2D eigenvalue weighted by molar-refractivity contribution is -0.0710. The predicted octanol–water partition coefficient (Wildman–Crippen LogP) is 6.69. The SMILES string of the molecule is CCCCSc1nc2c(c(=O)n1C1CCOC(C)(C)C1)C1(CCCCC1)Cc1ccccc1-2. The molecule has 2 heterocycles. The number of rotatable bonds is 5. The normalized spacial score (nSPS) is 23.2. The number of hydrogen-bond acceptors (Lipinski definition) is 4. The number of ether oxygens (including phenoxy) is 1. The minimum absolute atomic E-state index is 0.0545. The number of aromatic nitrogens is 2. The van der Waals surface area contributed by atoms with E-state index in [9.17, 15) is 4.79 Å². The molecule has 2 aliphatic carbocycles. The highest BCUT2D eigenvalue weighted by Gasteiger charge is 2.44. The van der Waals surface area contributed by atoms with Crippen LogP contribution < -0.4 is 5.56 Å². The van der Waals surface area contributed by atoms with Crippen LogP contribution in [0.1, 0.15) is 95.7 Å². The summed E-state index contributed by atoms with van der Waals surface area (Å²) >= 11 is 1.77. The molecular formula is C28H38N2O2S. The second-order valence-corrected chi connectivity index (χ2v) is 12.0. The summed E-state index contributed by atoms with van der Waals surface area (Å²) in [5, 5.41) is 0.914. The lowest BCUT2D eigenvalue weighted by Gasteiger charge is -2.43. The highest BCUT2D eigenvalue weighted by molar-refractivity contribution is 7.99. The molecule has 1 spiro atoms. The topological polar surface area (TPSA) is 44.1 Å². The van der Waals surface area contributed by atoms with Crippen LogP contribution in [0, 0.1) is 0 Å². The first-order valence-corrected chi connectivity index (χ1v) is 13.9. The number of unbranched alkanes of at least 4 members (excludes halogenated alkanes) is 1. The van der Waals surface area contributed by atoms with Crippen molar-refractivity contribution in [3.63, 3.8) is 0 Å². The first-order valence-electron chi connectivity index (χ1n) is 13.0. The van der Waals surface area contributed by atoms with Gasteiger partial charge in [-0.2, -0.15) is 0 Å². The van der Waals surface area contributed by atoms with E-state index in [1.165, 1.54) is 30.4 Å². The second-order valence-electron chi connectivity index (χ2n) is 10.9. The molecule has 0 amide bonds. The van der Waals surface area contributed by atoms with Crippen molar-refractivity contribution in [3.8, 4) is 11.3 Å². The predicted molar refractivity (Wildman–Crippen MR) is 136 cm³/mol. The molecule has 1 aliphatic heterocycles. The third kappa shape index (κ3) is 4.32. The summed E-state index contributed by atoms with van der Waals surface area (Å²) < 4.78 is 8.13. The smallest absolute Gasteiger partial charge is 0.258 e. The van der Waals surface area contributed by atoms with Crippen molar-refractivity contribution in [1.29, 1.82) is 0 Å². The highest BCUT2D eigenvalue weighted by atomic mass is 32.2. The van der Waals surface area contributed by atoms with Crippen LogP contribution in [0.2, 0.25) is 0 Å². The van der Waals surface area contributed by atoms with Gasteiger partial charge in [0.25, 0.3) is 5.56 Å². The third-order valence-electron chi connectivity index (χ3n) is 7.99. The van der Waals surface area contributed by atoms with Crippen molar-refractivity contribution in [2.24, 2.45) is 0 Å². The Hall–Kier alpha value is -1.59. The monoisotopic (exact) mass is 466 g/mol. The Morgan fingerprint density at radius 2 is 1.97 bits per heavy atom. The van der Waals surface area contributed by atoms with Gasteiger partial charge in [0.05, 0.1) is 16.9 Å². The Balaban J connectivity index is 1.72. The van der Waals surface area contributed by atoms with Gasteiger partial charge in [-0.25, -0.2) is 4.98 Å². The van der Waals surface area contributed by atoms with E-state index in [0.717, 1.165) is 67.1 Å². The number of thioether (sulfide) groups is 1. The molecule has 1 atom stereocenters. The van der Waals surface area contributed by atoms with Crippen LogP contribution in [0.5, 0.6) is 0 Å². The van der Waals surface area contributed by atoms with Crippen LogP contribution in [-0.4, -0.2) is 27.5 Å². The standard InChI is InChI=1S/C28H38N2O2S/c1-4-5-17-33-26-29-24-22-12-8-7-11-20(22)18-28(14-9-6-10-15-28)23(24)25(31)30(26)21-13-16-32-27(2,3)19-21/h7-8,11-12,21H,4-6,9-10,13-19H2,1-3H3. The number of nitrogens with zero attached hydrogens (tertiary/aromatic N) is 2. The molecule has 2 aromatic rings. The average molecular weight is 467 g/mol. The van der Waals surface area contributed by atoms with Crippen molar-refractivity contribution < 1.29 is 4.74 Å². The zero-order valence-electron chi connectivity index (χ0n) is 20.5. The van der Waals surface area contributed by atoms with E-state index < -0.39 is 0 Å². The lowest BCUT2D eigenvalue weighted by atomic mass is 9.62. The summed E-state index contributed by atoms with van der Waals surface area (Å²) in [7, 11) is 0. The molecule has 1 aromatic carbocycles. The molecule has 2 fully saturated rings. The molecule has 33 heavy (non-hydrogen) atoms. The molecule has 1 saturated heterocycles. The quantitative estimate of drug-likeness (QED) is 0.280. The Bertz CT molecular complexity index is 1070. The van der Waals surface area contributed by atoms with E-state index in [1.54, 1.807) is 11.8 Å². The Morgan fingerprint density at radius 3 is 2.73 bits per heavy atom. The van der Waals surface area contributed by atoms with E-state index in [2.05, 4.69) is 49.6 Å². The molecule has 1 unspecified atom stereocenters. The Morgan fingerprint density at radius 1 is 1.18 bits per heavy atom. The second kappa shape index (κ2) is 9.22. The Kier molecular flexibility index (Phi) is 6.47. The molecule has 0 radical (unpaired) electrons.